The van der Waals surface area contributed by atoms with E-state index in [0.29, 0.717) is 22.4 Å². The van der Waals surface area contributed by atoms with Gasteiger partial charge in [-0.05, 0) is 43.2 Å². The fourth-order valence-corrected chi connectivity index (χ4v) is 2.11. The highest BCUT2D eigenvalue weighted by molar-refractivity contribution is 6.35. The summed E-state index contributed by atoms with van der Waals surface area (Å²) >= 11 is 5.95. The van der Waals surface area contributed by atoms with E-state index >= 15 is 0 Å². The first-order chi connectivity index (χ1) is 8.91. The molecule has 4 heteroatoms. The van der Waals surface area contributed by atoms with E-state index in [-0.39, 0.29) is 16.4 Å². The topological polar surface area (TPSA) is 43.1 Å². The number of nitrogens with two attached hydrogens (primary N) is 1. The third kappa shape index (κ3) is 2.47. The standard InChI is InChI=1S/C15H13ClFNO/c1-8-6-11(12(16)7-13(8)17)15(19)10-4-3-5-14(18)9(10)2/h3-7H,18H2,1-2H3. The molecule has 0 atom stereocenters. The van der Waals surface area contributed by atoms with Crippen LogP contribution in [0.2, 0.25) is 5.02 Å². The summed E-state index contributed by atoms with van der Waals surface area (Å²) in [4.78, 5) is 12.4. The minimum Gasteiger partial charge on any atom is -0.398 e. The Balaban J connectivity index is 2.56. The van der Waals surface area contributed by atoms with Gasteiger partial charge >= 0.3 is 0 Å². The van der Waals surface area contributed by atoms with Gasteiger partial charge in [-0.2, -0.15) is 0 Å². The van der Waals surface area contributed by atoms with Gasteiger partial charge in [-0.1, -0.05) is 23.7 Å². The van der Waals surface area contributed by atoms with Crippen molar-refractivity contribution >= 4 is 23.1 Å². The van der Waals surface area contributed by atoms with Gasteiger partial charge in [-0.25, -0.2) is 4.39 Å². The fraction of sp³-hybridized carbons (Fsp3) is 0.133. The highest BCUT2D eigenvalue weighted by atomic mass is 35.5. The molecule has 0 amide bonds. The lowest BCUT2D eigenvalue weighted by molar-refractivity contribution is 0.103. The molecule has 0 heterocycles. The minimum atomic E-state index is -0.425. The molecule has 0 unspecified atom stereocenters. The van der Waals surface area contributed by atoms with E-state index in [4.69, 9.17) is 17.3 Å². The fourth-order valence-electron chi connectivity index (χ4n) is 1.88. The number of nitrogen functional groups attached to an aromatic ring is 1. The second-order valence-electron chi connectivity index (χ2n) is 4.43. The molecule has 0 saturated heterocycles. The van der Waals surface area contributed by atoms with E-state index in [1.807, 2.05) is 0 Å². The molecule has 0 saturated carbocycles. The summed E-state index contributed by atoms with van der Waals surface area (Å²) in [6.07, 6.45) is 0. The first-order valence-corrected chi connectivity index (χ1v) is 6.15. The van der Waals surface area contributed by atoms with Gasteiger partial charge in [0, 0.05) is 16.8 Å². The van der Waals surface area contributed by atoms with Crippen molar-refractivity contribution in [2.75, 3.05) is 5.73 Å². The zero-order valence-corrected chi connectivity index (χ0v) is 11.4. The third-order valence-corrected chi connectivity index (χ3v) is 3.43. The van der Waals surface area contributed by atoms with E-state index < -0.39 is 5.82 Å². The molecule has 2 aromatic carbocycles. The molecule has 2 N–H and O–H groups in total. The molecule has 0 aliphatic carbocycles. The van der Waals surface area contributed by atoms with Crippen molar-refractivity contribution < 1.29 is 9.18 Å². The van der Waals surface area contributed by atoms with E-state index in [1.54, 1.807) is 32.0 Å². The third-order valence-electron chi connectivity index (χ3n) is 3.11. The first-order valence-electron chi connectivity index (χ1n) is 5.77. The Labute approximate surface area is 116 Å². The summed E-state index contributed by atoms with van der Waals surface area (Å²) in [7, 11) is 0. The highest BCUT2D eigenvalue weighted by Crippen LogP contribution is 2.25. The number of rotatable bonds is 2. The molecule has 2 rings (SSSR count). The predicted octanol–water partition coefficient (Wildman–Crippen LogP) is 3.91. The van der Waals surface area contributed by atoms with E-state index in [9.17, 15) is 9.18 Å². The molecule has 2 nitrogen and oxygen atoms in total. The maximum Gasteiger partial charge on any atom is 0.194 e. The normalized spacial score (nSPS) is 10.5. The molecule has 19 heavy (non-hydrogen) atoms. The molecule has 98 valence electrons. The quantitative estimate of drug-likeness (QED) is 0.668. The lowest BCUT2D eigenvalue weighted by Gasteiger charge is -2.10. The van der Waals surface area contributed by atoms with Crippen molar-refractivity contribution in [2.24, 2.45) is 0 Å². The lowest BCUT2D eigenvalue weighted by Crippen LogP contribution is -2.07. The maximum atomic E-state index is 13.4. The molecule has 0 spiro atoms. The van der Waals surface area contributed by atoms with Crippen LogP contribution in [0.4, 0.5) is 10.1 Å². The molecule has 0 radical (unpaired) electrons. The molecule has 0 aromatic heterocycles. The maximum absolute atomic E-state index is 13.4. The van der Waals surface area contributed by atoms with Crippen LogP contribution in [0.1, 0.15) is 27.0 Å². The first kappa shape index (κ1) is 13.6. The Morgan fingerprint density at radius 1 is 1.21 bits per heavy atom. The van der Waals surface area contributed by atoms with Gasteiger partial charge in [-0.15, -0.1) is 0 Å². The smallest absolute Gasteiger partial charge is 0.194 e. The van der Waals surface area contributed by atoms with Gasteiger partial charge in [0.1, 0.15) is 5.82 Å². The van der Waals surface area contributed by atoms with Crippen LogP contribution in [0.25, 0.3) is 0 Å². The zero-order valence-electron chi connectivity index (χ0n) is 10.6. The summed E-state index contributed by atoms with van der Waals surface area (Å²) in [5, 5.41) is 0.106. The summed E-state index contributed by atoms with van der Waals surface area (Å²) in [5.74, 6) is -0.677. The molecular formula is C15H13ClFNO. The molecular weight excluding hydrogens is 265 g/mol. The summed E-state index contributed by atoms with van der Waals surface area (Å²) in [6.45, 7) is 3.36. The monoisotopic (exact) mass is 277 g/mol. The average Bonchev–Trinajstić information content (AvgIpc) is 2.36. The van der Waals surface area contributed by atoms with E-state index in [1.165, 1.54) is 6.07 Å². The molecule has 0 aliphatic rings. The SMILES string of the molecule is Cc1cc(C(=O)c2cccc(N)c2C)c(Cl)cc1F. The zero-order chi connectivity index (χ0) is 14.2. The van der Waals surface area contributed by atoms with Gasteiger partial charge in [0.05, 0.1) is 5.02 Å². The van der Waals surface area contributed by atoms with Crippen molar-refractivity contribution in [1.82, 2.24) is 0 Å². The van der Waals surface area contributed by atoms with E-state index in [0.717, 1.165) is 6.07 Å². The number of hydrogen-bond acceptors (Lipinski definition) is 2. The largest absolute Gasteiger partial charge is 0.398 e. The molecule has 0 fully saturated rings. The number of benzene rings is 2. The number of carbonyl (C=O) groups is 1. The number of halogens is 2. The van der Waals surface area contributed by atoms with Crippen LogP contribution in [-0.2, 0) is 0 Å². The van der Waals surface area contributed by atoms with Crippen LogP contribution in [0, 0.1) is 19.7 Å². The van der Waals surface area contributed by atoms with Crippen LogP contribution >= 0.6 is 11.6 Å². The van der Waals surface area contributed by atoms with Gasteiger partial charge in [0.25, 0.3) is 0 Å². The van der Waals surface area contributed by atoms with Crippen molar-refractivity contribution in [2.45, 2.75) is 13.8 Å². The second-order valence-corrected chi connectivity index (χ2v) is 4.84. The molecule has 2 aromatic rings. The Morgan fingerprint density at radius 3 is 2.58 bits per heavy atom. The number of carbonyl (C=O) groups excluding carboxylic acids is 1. The summed E-state index contributed by atoms with van der Waals surface area (Å²) < 4.78 is 13.4. The van der Waals surface area contributed by atoms with Crippen molar-refractivity contribution in [3.05, 3.63) is 63.4 Å². The molecule has 0 aliphatic heterocycles. The Morgan fingerprint density at radius 2 is 1.89 bits per heavy atom. The molecule has 0 bridgehead atoms. The summed E-state index contributed by atoms with van der Waals surface area (Å²) in [6, 6.07) is 7.74. The van der Waals surface area contributed by atoms with Gasteiger partial charge in [0.15, 0.2) is 5.78 Å². The number of hydrogen-bond donors (Lipinski definition) is 1. The van der Waals surface area contributed by atoms with Gasteiger partial charge < -0.3 is 5.73 Å². The van der Waals surface area contributed by atoms with Gasteiger partial charge in [-0.3, -0.25) is 4.79 Å². The summed E-state index contributed by atoms with van der Waals surface area (Å²) in [5.41, 5.74) is 8.17. The van der Waals surface area contributed by atoms with Crippen LogP contribution in [0.15, 0.2) is 30.3 Å². The van der Waals surface area contributed by atoms with Crippen LogP contribution < -0.4 is 5.73 Å². The lowest BCUT2D eigenvalue weighted by atomic mass is 9.97. The minimum absolute atomic E-state index is 0.106. The van der Waals surface area contributed by atoms with Crippen molar-refractivity contribution in [3.8, 4) is 0 Å². The van der Waals surface area contributed by atoms with Crippen molar-refractivity contribution in [3.63, 3.8) is 0 Å². The second kappa shape index (κ2) is 5.02. The Bertz CT molecular complexity index is 667. The predicted molar refractivity (Wildman–Crippen MR) is 75.2 cm³/mol. The van der Waals surface area contributed by atoms with Crippen LogP contribution in [0.3, 0.4) is 0 Å². The number of anilines is 1. The Kier molecular flexibility index (Phi) is 3.58. The number of aryl methyl sites for hydroxylation is 1. The average molecular weight is 278 g/mol. The number of ketones is 1. The van der Waals surface area contributed by atoms with Crippen LogP contribution in [0.5, 0.6) is 0 Å². The van der Waals surface area contributed by atoms with Gasteiger partial charge in [0.2, 0.25) is 0 Å². The van der Waals surface area contributed by atoms with E-state index in [2.05, 4.69) is 0 Å². The van der Waals surface area contributed by atoms with Crippen LogP contribution in [-0.4, -0.2) is 5.78 Å². The Hall–Kier alpha value is -1.87. The van der Waals surface area contributed by atoms with Crippen molar-refractivity contribution in [1.29, 1.82) is 0 Å². The highest BCUT2D eigenvalue weighted by Gasteiger charge is 2.17.